The van der Waals surface area contributed by atoms with Crippen LogP contribution in [0.2, 0.25) is 0 Å². The van der Waals surface area contributed by atoms with Crippen molar-refractivity contribution in [2.75, 3.05) is 32.2 Å². The van der Waals surface area contributed by atoms with Crippen molar-refractivity contribution in [2.24, 2.45) is 0 Å². The summed E-state index contributed by atoms with van der Waals surface area (Å²) in [6.07, 6.45) is 2.19. The van der Waals surface area contributed by atoms with Crippen LogP contribution in [-0.4, -0.2) is 38.9 Å². The Labute approximate surface area is 133 Å². The third-order valence-corrected chi connectivity index (χ3v) is 3.77. The first-order valence-electron chi connectivity index (χ1n) is 6.93. The lowest BCUT2D eigenvalue weighted by atomic mass is 10.2. The molecule has 0 saturated carbocycles. The van der Waals surface area contributed by atoms with Crippen molar-refractivity contribution in [1.82, 2.24) is 0 Å². The SMILES string of the molecule is COc1cc(Br)cc(C)c1NC(=O)COCC1CCCO1. The van der Waals surface area contributed by atoms with Crippen LogP contribution in [0.1, 0.15) is 18.4 Å². The van der Waals surface area contributed by atoms with Crippen LogP contribution in [-0.2, 0) is 14.3 Å². The molecule has 116 valence electrons. The molecular weight excluding hydrogens is 338 g/mol. The van der Waals surface area contributed by atoms with Crippen molar-refractivity contribution >= 4 is 27.5 Å². The van der Waals surface area contributed by atoms with Gasteiger partial charge in [0.05, 0.1) is 25.5 Å². The third-order valence-electron chi connectivity index (χ3n) is 3.31. The van der Waals surface area contributed by atoms with E-state index < -0.39 is 0 Å². The highest BCUT2D eigenvalue weighted by Gasteiger charge is 2.17. The minimum absolute atomic E-state index is 0.0124. The molecule has 1 saturated heterocycles. The molecule has 2 rings (SSSR count). The molecular formula is C15H20BrNO4. The van der Waals surface area contributed by atoms with E-state index in [1.54, 1.807) is 7.11 Å². The summed E-state index contributed by atoms with van der Waals surface area (Å²) in [6, 6.07) is 3.74. The molecule has 5 nitrogen and oxygen atoms in total. The Balaban J connectivity index is 1.87. The molecule has 1 atom stereocenters. The molecule has 0 spiro atoms. The lowest BCUT2D eigenvalue weighted by Gasteiger charge is -2.14. The van der Waals surface area contributed by atoms with E-state index in [9.17, 15) is 4.79 Å². The molecule has 1 unspecified atom stereocenters. The van der Waals surface area contributed by atoms with Crippen molar-refractivity contribution < 1.29 is 19.0 Å². The number of benzene rings is 1. The number of ether oxygens (including phenoxy) is 3. The monoisotopic (exact) mass is 357 g/mol. The molecule has 1 aliphatic rings. The van der Waals surface area contributed by atoms with Gasteiger partial charge >= 0.3 is 0 Å². The van der Waals surface area contributed by atoms with Crippen LogP contribution in [0.15, 0.2) is 16.6 Å². The topological polar surface area (TPSA) is 56.8 Å². The highest BCUT2D eigenvalue weighted by molar-refractivity contribution is 9.10. The zero-order valence-corrected chi connectivity index (χ0v) is 13.9. The summed E-state index contributed by atoms with van der Waals surface area (Å²) in [5.41, 5.74) is 1.60. The van der Waals surface area contributed by atoms with Crippen molar-refractivity contribution in [3.63, 3.8) is 0 Å². The Morgan fingerprint density at radius 3 is 3.00 bits per heavy atom. The maximum Gasteiger partial charge on any atom is 0.250 e. The van der Waals surface area contributed by atoms with Crippen molar-refractivity contribution in [3.05, 3.63) is 22.2 Å². The first kappa shape index (κ1) is 16.3. The number of methoxy groups -OCH3 is 1. The molecule has 0 bridgehead atoms. The number of amides is 1. The molecule has 6 heteroatoms. The summed E-state index contributed by atoms with van der Waals surface area (Å²) in [7, 11) is 1.57. The number of nitrogens with one attached hydrogen (secondary N) is 1. The fourth-order valence-corrected chi connectivity index (χ4v) is 2.82. The average molecular weight is 358 g/mol. The molecule has 1 amide bonds. The number of aryl methyl sites for hydroxylation is 1. The van der Waals surface area contributed by atoms with E-state index in [0.717, 1.165) is 29.5 Å². The quantitative estimate of drug-likeness (QED) is 0.850. The van der Waals surface area contributed by atoms with Crippen LogP contribution in [0.25, 0.3) is 0 Å². The van der Waals surface area contributed by atoms with E-state index in [1.807, 2.05) is 19.1 Å². The second-order valence-electron chi connectivity index (χ2n) is 5.00. The summed E-state index contributed by atoms with van der Waals surface area (Å²) in [4.78, 5) is 11.9. The maximum absolute atomic E-state index is 11.9. The third kappa shape index (κ3) is 4.69. The lowest BCUT2D eigenvalue weighted by Crippen LogP contribution is -2.23. The van der Waals surface area contributed by atoms with Gasteiger partial charge in [-0.05, 0) is 37.5 Å². The van der Waals surface area contributed by atoms with Crippen molar-refractivity contribution in [3.8, 4) is 5.75 Å². The van der Waals surface area contributed by atoms with Crippen LogP contribution in [0.4, 0.5) is 5.69 Å². The minimum Gasteiger partial charge on any atom is -0.495 e. The Hall–Kier alpha value is -1.11. The number of carbonyl (C=O) groups excluding carboxylic acids is 1. The van der Waals surface area contributed by atoms with Crippen LogP contribution >= 0.6 is 15.9 Å². The molecule has 0 aromatic heterocycles. The second kappa shape index (κ2) is 7.77. The molecule has 1 fully saturated rings. The molecule has 1 aromatic rings. The molecule has 0 radical (unpaired) electrons. The highest BCUT2D eigenvalue weighted by atomic mass is 79.9. The number of hydrogen-bond donors (Lipinski definition) is 1. The van der Waals surface area contributed by atoms with Crippen LogP contribution in [0, 0.1) is 6.92 Å². The highest BCUT2D eigenvalue weighted by Crippen LogP contribution is 2.31. The average Bonchev–Trinajstić information content (AvgIpc) is 2.94. The van der Waals surface area contributed by atoms with Gasteiger partial charge in [0.25, 0.3) is 0 Å². The summed E-state index contributed by atoms with van der Waals surface area (Å²) < 4.78 is 17.0. The van der Waals surface area contributed by atoms with Gasteiger partial charge in [-0.1, -0.05) is 15.9 Å². The van der Waals surface area contributed by atoms with Crippen LogP contribution < -0.4 is 10.1 Å². The zero-order chi connectivity index (χ0) is 15.2. The number of anilines is 1. The van der Waals surface area contributed by atoms with Gasteiger partial charge < -0.3 is 19.5 Å². The Bertz CT molecular complexity index is 501. The van der Waals surface area contributed by atoms with E-state index in [4.69, 9.17) is 14.2 Å². The van der Waals surface area contributed by atoms with Gasteiger partial charge in [-0.3, -0.25) is 4.79 Å². The first-order valence-corrected chi connectivity index (χ1v) is 7.72. The van der Waals surface area contributed by atoms with E-state index in [-0.39, 0.29) is 18.6 Å². The molecule has 0 aliphatic carbocycles. The van der Waals surface area contributed by atoms with E-state index in [0.29, 0.717) is 18.0 Å². The van der Waals surface area contributed by atoms with Crippen LogP contribution in [0.5, 0.6) is 5.75 Å². The fraction of sp³-hybridized carbons (Fsp3) is 0.533. The smallest absolute Gasteiger partial charge is 0.250 e. The van der Waals surface area contributed by atoms with Gasteiger partial charge in [0.1, 0.15) is 12.4 Å². The van der Waals surface area contributed by atoms with Gasteiger partial charge in [0.2, 0.25) is 5.91 Å². The standard InChI is InChI=1S/C15H20BrNO4/c1-10-6-11(16)7-13(19-2)15(10)17-14(18)9-20-8-12-4-3-5-21-12/h6-7,12H,3-5,8-9H2,1-2H3,(H,17,18). The van der Waals surface area contributed by atoms with Crippen molar-refractivity contribution in [2.45, 2.75) is 25.9 Å². The predicted octanol–water partition coefficient (Wildman–Crippen LogP) is 2.90. The summed E-state index contributed by atoms with van der Waals surface area (Å²) in [5.74, 6) is 0.422. The summed E-state index contributed by atoms with van der Waals surface area (Å²) >= 11 is 3.40. The second-order valence-corrected chi connectivity index (χ2v) is 5.91. The van der Waals surface area contributed by atoms with Gasteiger partial charge in [-0.25, -0.2) is 0 Å². The molecule has 21 heavy (non-hydrogen) atoms. The first-order chi connectivity index (χ1) is 10.1. The Morgan fingerprint density at radius 1 is 1.52 bits per heavy atom. The lowest BCUT2D eigenvalue weighted by molar-refractivity contribution is -0.121. The van der Waals surface area contributed by atoms with Crippen molar-refractivity contribution in [1.29, 1.82) is 0 Å². The maximum atomic E-state index is 11.9. The molecule has 1 heterocycles. The van der Waals surface area contributed by atoms with E-state index in [1.165, 1.54) is 0 Å². The molecule has 1 aromatic carbocycles. The number of rotatable bonds is 6. The number of carbonyl (C=O) groups is 1. The fourth-order valence-electron chi connectivity index (χ4n) is 2.27. The van der Waals surface area contributed by atoms with E-state index in [2.05, 4.69) is 21.2 Å². The van der Waals surface area contributed by atoms with Crippen LogP contribution in [0.3, 0.4) is 0 Å². The zero-order valence-electron chi connectivity index (χ0n) is 12.3. The Morgan fingerprint density at radius 2 is 2.33 bits per heavy atom. The Kier molecular flexibility index (Phi) is 6.02. The van der Waals surface area contributed by atoms with Gasteiger partial charge in [0.15, 0.2) is 0 Å². The molecule has 1 N–H and O–H groups in total. The summed E-state index contributed by atoms with van der Waals surface area (Å²) in [5, 5.41) is 2.83. The number of halogens is 1. The van der Waals surface area contributed by atoms with Gasteiger partial charge in [-0.2, -0.15) is 0 Å². The largest absolute Gasteiger partial charge is 0.495 e. The van der Waals surface area contributed by atoms with E-state index >= 15 is 0 Å². The summed E-state index contributed by atoms with van der Waals surface area (Å²) in [6.45, 7) is 3.17. The minimum atomic E-state index is -0.197. The van der Waals surface area contributed by atoms with Gasteiger partial charge in [-0.15, -0.1) is 0 Å². The normalized spacial score (nSPS) is 17.8. The number of hydrogen-bond acceptors (Lipinski definition) is 4. The molecule has 1 aliphatic heterocycles. The predicted molar refractivity (Wildman–Crippen MR) is 83.9 cm³/mol. The van der Waals surface area contributed by atoms with Gasteiger partial charge in [0, 0.05) is 11.1 Å².